The molecule has 0 saturated heterocycles. The summed E-state index contributed by atoms with van der Waals surface area (Å²) in [5.41, 5.74) is 5.73. The Kier molecular flexibility index (Phi) is 11.2. The first-order valence-electron chi connectivity index (χ1n) is 15.6. The maximum atomic E-state index is 2.54. The van der Waals surface area contributed by atoms with E-state index in [1.807, 2.05) is 0 Å². The van der Waals surface area contributed by atoms with E-state index in [1.54, 1.807) is 5.56 Å². The second kappa shape index (κ2) is 14.8. The van der Waals surface area contributed by atoms with Crippen LogP contribution in [0.3, 0.4) is 0 Å². The molecule has 4 rings (SSSR count). The van der Waals surface area contributed by atoms with Crippen molar-refractivity contribution in [3.8, 4) is 11.1 Å². The van der Waals surface area contributed by atoms with Crippen molar-refractivity contribution in [2.45, 2.75) is 122 Å². The summed E-state index contributed by atoms with van der Waals surface area (Å²) in [6, 6.07) is 18.8. The normalized spacial score (nSPS) is 24.8. The number of rotatable bonds is 12. The van der Waals surface area contributed by atoms with Gasteiger partial charge in [0, 0.05) is 0 Å². The Balaban J connectivity index is 1.18. The molecule has 0 heteroatoms. The lowest BCUT2D eigenvalue weighted by molar-refractivity contribution is 0.289. The van der Waals surface area contributed by atoms with Crippen molar-refractivity contribution in [1.82, 2.24) is 0 Å². The lowest BCUT2D eigenvalue weighted by atomic mass is 9.77. The minimum absolute atomic E-state index is 0.781. The smallest absolute Gasteiger partial charge is 0.0162 e. The molecule has 0 heterocycles. The lowest BCUT2D eigenvalue weighted by Gasteiger charge is -2.28. The van der Waals surface area contributed by atoms with Crippen molar-refractivity contribution in [3.05, 3.63) is 71.8 Å². The van der Waals surface area contributed by atoms with Crippen LogP contribution in [0.4, 0.5) is 0 Å². The Morgan fingerprint density at radius 3 is 1.89 bits per heavy atom. The third kappa shape index (κ3) is 8.36. The molecule has 2 aromatic carbocycles. The van der Waals surface area contributed by atoms with Gasteiger partial charge in [-0.2, -0.15) is 0 Å². The molecule has 0 aromatic heterocycles. The average Bonchev–Trinajstić information content (AvgIpc) is 2.93. The van der Waals surface area contributed by atoms with Gasteiger partial charge in [0.2, 0.25) is 0 Å². The molecule has 0 spiro atoms. The molecule has 36 heavy (non-hydrogen) atoms. The van der Waals surface area contributed by atoms with Crippen LogP contribution in [0.2, 0.25) is 0 Å². The van der Waals surface area contributed by atoms with E-state index < -0.39 is 0 Å². The molecular formula is C36H52. The zero-order valence-electron chi connectivity index (χ0n) is 23.4. The molecule has 0 nitrogen and oxygen atoms in total. The van der Waals surface area contributed by atoms with Gasteiger partial charge in [-0.25, -0.2) is 0 Å². The molecular weight excluding hydrogens is 432 g/mol. The number of unbranched alkanes of at least 4 members (excludes halogenated alkanes) is 2. The van der Waals surface area contributed by atoms with E-state index in [4.69, 9.17) is 0 Å². The summed E-state index contributed by atoms with van der Waals surface area (Å²) in [5.74, 6) is 3.62. The van der Waals surface area contributed by atoms with Gasteiger partial charge in [0.15, 0.2) is 0 Å². The summed E-state index contributed by atoms with van der Waals surface area (Å²) in [5, 5.41) is 0. The highest BCUT2D eigenvalue weighted by atomic mass is 14.3. The first-order valence-corrected chi connectivity index (χ1v) is 15.6. The van der Waals surface area contributed by atoms with Crippen LogP contribution in [0.5, 0.6) is 0 Å². The zero-order valence-corrected chi connectivity index (χ0v) is 23.4. The number of hydrogen-bond acceptors (Lipinski definition) is 0. The highest BCUT2D eigenvalue weighted by Gasteiger charge is 2.22. The second-order valence-corrected chi connectivity index (χ2v) is 12.1. The Morgan fingerprint density at radius 1 is 0.639 bits per heavy atom. The predicted molar refractivity (Wildman–Crippen MR) is 159 cm³/mol. The fraction of sp³-hybridized carbons (Fsp3) is 0.611. The summed E-state index contributed by atoms with van der Waals surface area (Å²) in [6.45, 7) is 4.64. The van der Waals surface area contributed by atoms with Crippen LogP contribution < -0.4 is 0 Å². The molecule has 196 valence electrons. The molecule has 2 aliphatic rings. The third-order valence-corrected chi connectivity index (χ3v) is 9.33. The quantitative estimate of drug-likeness (QED) is 0.207. The summed E-state index contributed by atoms with van der Waals surface area (Å²) in [7, 11) is 0. The monoisotopic (exact) mass is 484 g/mol. The SMILES string of the molecule is CCCCCC1CCC(/C=C/CCc2ccc(-c3ccc(C4CCC(CCC)CC4)cc3)cc2)CC1. The Hall–Kier alpha value is -1.82. The van der Waals surface area contributed by atoms with Crippen LogP contribution in [-0.4, -0.2) is 0 Å². The number of allylic oxidation sites excluding steroid dienone is 2. The zero-order chi connectivity index (χ0) is 25.0. The van der Waals surface area contributed by atoms with Crippen LogP contribution in [0.25, 0.3) is 11.1 Å². The Labute approximate surface area is 223 Å². The highest BCUT2D eigenvalue weighted by molar-refractivity contribution is 5.64. The van der Waals surface area contributed by atoms with Gasteiger partial charge < -0.3 is 0 Å². The number of benzene rings is 2. The maximum Gasteiger partial charge on any atom is -0.0162 e. The number of aryl methyl sites for hydroxylation is 1. The molecule has 2 fully saturated rings. The standard InChI is InChI=1S/C36H52/c1-3-5-6-10-30-13-15-31(16-14-30)11-7-8-12-32-19-23-34(24-20-32)36-27-25-35(26-28-36)33-21-17-29(9-4-2)18-22-33/h7,11,19-20,23-31,33H,3-6,8-10,12-18,21-22H2,1-2H3/b11-7+. The molecule has 0 unspecified atom stereocenters. The first-order chi connectivity index (χ1) is 17.7. The van der Waals surface area contributed by atoms with Crippen molar-refractivity contribution in [3.63, 3.8) is 0 Å². The van der Waals surface area contributed by atoms with Gasteiger partial charge in [-0.3, -0.25) is 0 Å². The molecule has 0 amide bonds. The van der Waals surface area contributed by atoms with Crippen molar-refractivity contribution >= 4 is 0 Å². The highest BCUT2D eigenvalue weighted by Crippen LogP contribution is 2.38. The molecule has 0 radical (unpaired) electrons. The van der Waals surface area contributed by atoms with Gasteiger partial charge in [-0.05, 0) is 110 Å². The van der Waals surface area contributed by atoms with Gasteiger partial charge >= 0.3 is 0 Å². The fourth-order valence-corrected chi connectivity index (χ4v) is 6.90. The average molecular weight is 485 g/mol. The van der Waals surface area contributed by atoms with E-state index in [-0.39, 0.29) is 0 Å². The van der Waals surface area contributed by atoms with E-state index >= 15 is 0 Å². The van der Waals surface area contributed by atoms with Gasteiger partial charge in [-0.1, -0.05) is 113 Å². The molecule has 0 atom stereocenters. The molecule has 2 aromatic rings. The van der Waals surface area contributed by atoms with Crippen LogP contribution >= 0.6 is 0 Å². The van der Waals surface area contributed by atoms with Crippen LogP contribution in [-0.2, 0) is 6.42 Å². The van der Waals surface area contributed by atoms with E-state index in [1.165, 1.54) is 113 Å². The summed E-state index contributed by atoms with van der Waals surface area (Å²) in [6.07, 6.45) is 27.2. The van der Waals surface area contributed by atoms with Gasteiger partial charge in [-0.15, -0.1) is 0 Å². The summed E-state index contributed by atoms with van der Waals surface area (Å²) >= 11 is 0. The molecule has 0 aliphatic heterocycles. The van der Waals surface area contributed by atoms with Gasteiger partial charge in [0.25, 0.3) is 0 Å². The van der Waals surface area contributed by atoms with Gasteiger partial charge in [0.1, 0.15) is 0 Å². The maximum absolute atomic E-state index is 2.54. The first kappa shape index (κ1) is 27.2. The van der Waals surface area contributed by atoms with Crippen molar-refractivity contribution in [2.75, 3.05) is 0 Å². The predicted octanol–water partition coefficient (Wildman–Crippen LogP) is 11.3. The third-order valence-electron chi connectivity index (χ3n) is 9.33. The minimum atomic E-state index is 0.781. The molecule has 0 bridgehead atoms. The van der Waals surface area contributed by atoms with Crippen molar-refractivity contribution in [1.29, 1.82) is 0 Å². The van der Waals surface area contributed by atoms with E-state index in [2.05, 4.69) is 74.5 Å². The van der Waals surface area contributed by atoms with Gasteiger partial charge in [0.05, 0.1) is 0 Å². The van der Waals surface area contributed by atoms with E-state index in [0.29, 0.717) is 0 Å². The second-order valence-electron chi connectivity index (χ2n) is 12.1. The van der Waals surface area contributed by atoms with Crippen LogP contribution in [0.1, 0.15) is 127 Å². The molecule has 2 saturated carbocycles. The van der Waals surface area contributed by atoms with Crippen LogP contribution in [0, 0.1) is 17.8 Å². The van der Waals surface area contributed by atoms with Crippen molar-refractivity contribution < 1.29 is 0 Å². The number of hydrogen-bond donors (Lipinski definition) is 0. The summed E-state index contributed by atoms with van der Waals surface area (Å²) in [4.78, 5) is 0. The minimum Gasteiger partial charge on any atom is -0.0879 e. The summed E-state index contributed by atoms with van der Waals surface area (Å²) < 4.78 is 0. The molecule has 2 aliphatic carbocycles. The van der Waals surface area contributed by atoms with Crippen molar-refractivity contribution in [2.24, 2.45) is 17.8 Å². The molecule has 0 N–H and O–H groups in total. The van der Waals surface area contributed by atoms with E-state index in [9.17, 15) is 0 Å². The van der Waals surface area contributed by atoms with Crippen LogP contribution in [0.15, 0.2) is 60.7 Å². The fourth-order valence-electron chi connectivity index (χ4n) is 6.90. The Bertz CT molecular complexity index is 871. The Morgan fingerprint density at radius 2 is 1.25 bits per heavy atom. The topological polar surface area (TPSA) is 0 Å². The lowest BCUT2D eigenvalue weighted by Crippen LogP contribution is -2.13. The largest absolute Gasteiger partial charge is 0.0879 e. The van der Waals surface area contributed by atoms with E-state index in [0.717, 1.165) is 30.1 Å².